The second-order valence-electron chi connectivity index (χ2n) is 11.3. The van der Waals surface area contributed by atoms with E-state index in [0.717, 1.165) is 61.7 Å². The van der Waals surface area contributed by atoms with Gasteiger partial charge in [0.1, 0.15) is 11.7 Å². The van der Waals surface area contributed by atoms with Crippen LogP contribution in [-0.2, 0) is 11.3 Å². The number of carbonyl (C=O) groups is 1. The number of anilines is 1. The molecule has 1 atom stereocenters. The minimum Gasteiger partial charge on any atom is -0.347 e. The van der Waals surface area contributed by atoms with Crippen molar-refractivity contribution < 1.29 is 9.32 Å². The van der Waals surface area contributed by atoms with Gasteiger partial charge in [-0.1, -0.05) is 36.5 Å². The maximum atomic E-state index is 13.2. The van der Waals surface area contributed by atoms with Crippen LogP contribution >= 0.6 is 11.6 Å². The van der Waals surface area contributed by atoms with Gasteiger partial charge < -0.3 is 14.4 Å². The summed E-state index contributed by atoms with van der Waals surface area (Å²) in [4.78, 5) is 45.8. The Balaban J connectivity index is 1.58. The minimum absolute atomic E-state index is 0.0702. The lowest BCUT2D eigenvalue weighted by atomic mass is 9.83. The second-order valence-corrected chi connectivity index (χ2v) is 11.7. The molecule has 1 amide bonds. The van der Waals surface area contributed by atoms with Gasteiger partial charge in [-0.25, -0.2) is 14.8 Å². The molecule has 1 N–H and O–H groups in total. The number of amides is 1. The molecule has 1 saturated heterocycles. The number of aromatic nitrogens is 6. The standard InChI is InChI=1S/C28H33ClN8O3/c1-16-6-8-17(9-7-16)15-37-24-20(32-27(37)36-10-4-5-22(36)26(38)35(2)3)12-21(25-33-28(39)40-34-25)31-23(24)18-11-19(29)14-30-13-18/h11-14,16-17,22H,4-10,15H2,1-3H3,(H,33,34,39)/t16?,17?,22-/m1/s1. The van der Waals surface area contributed by atoms with E-state index in [0.29, 0.717) is 27.8 Å². The number of nitrogens with zero attached hydrogens (tertiary/aromatic N) is 7. The normalized spacial score (nSPS) is 21.3. The first kappa shape index (κ1) is 26.5. The van der Waals surface area contributed by atoms with Crippen LogP contribution in [0.3, 0.4) is 0 Å². The van der Waals surface area contributed by atoms with Gasteiger partial charge in [-0.05, 0) is 49.7 Å². The number of imidazole rings is 1. The van der Waals surface area contributed by atoms with Gasteiger partial charge in [-0.3, -0.25) is 19.3 Å². The molecule has 210 valence electrons. The lowest BCUT2D eigenvalue weighted by Gasteiger charge is -2.30. The molecule has 0 bridgehead atoms. The molecule has 40 heavy (non-hydrogen) atoms. The third kappa shape index (κ3) is 4.98. The Morgan fingerprint density at radius 2 is 1.95 bits per heavy atom. The molecule has 4 aromatic rings. The maximum absolute atomic E-state index is 13.2. The quantitative estimate of drug-likeness (QED) is 0.366. The number of likely N-dealkylation sites (N-methyl/N-ethyl adjacent to an activating group) is 1. The van der Waals surface area contributed by atoms with Gasteiger partial charge in [0.25, 0.3) is 0 Å². The van der Waals surface area contributed by atoms with Gasteiger partial charge in [-0.15, -0.1) is 0 Å². The summed E-state index contributed by atoms with van der Waals surface area (Å²) in [5, 5.41) is 4.35. The molecule has 4 aromatic heterocycles. The average molecular weight is 565 g/mol. The van der Waals surface area contributed by atoms with Crippen LogP contribution in [0, 0.1) is 11.8 Å². The second kappa shape index (κ2) is 10.7. The largest absolute Gasteiger partial charge is 0.439 e. The topological polar surface area (TPSA) is 126 Å². The summed E-state index contributed by atoms with van der Waals surface area (Å²) >= 11 is 6.37. The van der Waals surface area contributed by atoms with Crippen molar-refractivity contribution in [3.63, 3.8) is 0 Å². The van der Waals surface area contributed by atoms with Crippen molar-refractivity contribution in [1.29, 1.82) is 0 Å². The average Bonchev–Trinajstić information content (AvgIpc) is 3.67. The number of hydrogen-bond donors (Lipinski definition) is 1. The van der Waals surface area contributed by atoms with E-state index in [4.69, 9.17) is 26.1 Å². The lowest BCUT2D eigenvalue weighted by molar-refractivity contribution is -0.129. The molecule has 1 aliphatic heterocycles. The highest BCUT2D eigenvalue weighted by Crippen LogP contribution is 2.38. The summed E-state index contributed by atoms with van der Waals surface area (Å²) in [7, 11) is 3.59. The Bertz CT molecular complexity index is 1600. The molecule has 11 nitrogen and oxygen atoms in total. The van der Waals surface area contributed by atoms with Crippen LogP contribution in [-0.4, -0.2) is 67.1 Å². The van der Waals surface area contributed by atoms with Gasteiger partial charge >= 0.3 is 5.76 Å². The molecule has 5 heterocycles. The van der Waals surface area contributed by atoms with Crippen molar-refractivity contribution in [2.24, 2.45) is 11.8 Å². The van der Waals surface area contributed by atoms with E-state index in [2.05, 4.69) is 31.5 Å². The van der Waals surface area contributed by atoms with Gasteiger partial charge in [0, 0.05) is 45.1 Å². The van der Waals surface area contributed by atoms with Gasteiger partial charge in [0.15, 0.2) is 0 Å². The molecular weight excluding hydrogens is 532 g/mol. The van der Waals surface area contributed by atoms with Gasteiger partial charge in [0.2, 0.25) is 17.7 Å². The van der Waals surface area contributed by atoms with Crippen LogP contribution < -0.4 is 10.7 Å². The lowest BCUT2D eigenvalue weighted by Crippen LogP contribution is -2.44. The number of carbonyl (C=O) groups excluding carboxylic acids is 1. The Morgan fingerprint density at radius 1 is 1.15 bits per heavy atom. The van der Waals surface area contributed by atoms with Crippen LogP contribution in [0.15, 0.2) is 33.8 Å². The highest BCUT2D eigenvalue weighted by Gasteiger charge is 2.36. The van der Waals surface area contributed by atoms with Crippen molar-refractivity contribution in [1.82, 2.24) is 34.6 Å². The third-order valence-electron chi connectivity index (χ3n) is 8.18. The number of fused-ring (bicyclic) bond motifs is 1. The minimum atomic E-state index is -0.664. The van der Waals surface area contributed by atoms with E-state index in [-0.39, 0.29) is 17.8 Å². The molecule has 6 rings (SSSR count). The van der Waals surface area contributed by atoms with Crippen LogP contribution in [0.1, 0.15) is 45.4 Å². The van der Waals surface area contributed by atoms with E-state index in [1.165, 1.54) is 12.8 Å². The Kier molecular flexibility index (Phi) is 7.07. The Hall–Kier alpha value is -3.73. The summed E-state index contributed by atoms with van der Waals surface area (Å²) in [5.41, 5.74) is 3.29. The highest BCUT2D eigenvalue weighted by atomic mass is 35.5. The molecular formula is C28H33ClN8O3. The number of H-pyrrole nitrogens is 1. The van der Waals surface area contributed by atoms with Crippen LogP contribution in [0.2, 0.25) is 5.02 Å². The number of halogens is 1. The zero-order chi connectivity index (χ0) is 28.0. The fourth-order valence-corrected chi connectivity index (χ4v) is 6.25. The summed E-state index contributed by atoms with van der Waals surface area (Å²) in [6.07, 6.45) is 9.65. The number of aromatic amines is 1. The maximum Gasteiger partial charge on any atom is 0.439 e. The number of nitrogens with one attached hydrogen (secondary N) is 1. The molecule has 0 unspecified atom stereocenters. The van der Waals surface area contributed by atoms with E-state index in [9.17, 15) is 9.59 Å². The van der Waals surface area contributed by atoms with E-state index in [1.54, 1.807) is 31.4 Å². The number of pyridine rings is 2. The zero-order valence-electron chi connectivity index (χ0n) is 22.9. The van der Waals surface area contributed by atoms with E-state index >= 15 is 0 Å². The first-order valence-electron chi connectivity index (χ1n) is 13.8. The molecule has 0 aromatic carbocycles. The fraction of sp³-hybridized carbons (Fsp3) is 0.500. The first-order chi connectivity index (χ1) is 19.3. The predicted molar refractivity (Wildman–Crippen MR) is 152 cm³/mol. The highest BCUT2D eigenvalue weighted by molar-refractivity contribution is 6.30. The smallest absolute Gasteiger partial charge is 0.347 e. The number of rotatable bonds is 6. The summed E-state index contributed by atoms with van der Waals surface area (Å²) in [5.74, 6) is 1.59. The molecule has 1 saturated carbocycles. The molecule has 2 fully saturated rings. The Labute approximate surface area is 236 Å². The molecule has 0 radical (unpaired) electrons. The van der Waals surface area contributed by atoms with Gasteiger partial charge in [-0.2, -0.15) is 0 Å². The van der Waals surface area contributed by atoms with Crippen molar-refractivity contribution in [3.8, 4) is 22.8 Å². The van der Waals surface area contributed by atoms with Crippen LogP contribution in [0.5, 0.6) is 0 Å². The monoisotopic (exact) mass is 564 g/mol. The third-order valence-corrected chi connectivity index (χ3v) is 8.38. The van der Waals surface area contributed by atoms with Gasteiger partial charge in [0.05, 0.1) is 21.7 Å². The molecule has 12 heteroatoms. The zero-order valence-corrected chi connectivity index (χ0v) is 23.7. The van der Waals surface area contributed by atoms with Crippen molar-refractivity contribution in [3.05, 3.63) is 40.1 Å². The van der Waals surface area contributed by atoms with E-state index in [1.807, 2.05) is 12.1 Å². The van der Waals surface area contributed by atoms with Crippen molar-refractivity contribution in [2.45, 2.75) is 58.0 Å². The van der Waals surface area contributed by atoms with Crippen molar-refractivity contribution in [2.75, 3.05) is 25.5 Å². The molecule has 2 aliphatic rings. The summed E-state index contributed by atoms with van der Waals surface area (Å²) in [6, 6.07) is 3.35. The predicted octanol–water partition coefficient (Wildman–Crippen LogP) is 4.37. The van der Waals surface area contributed by atoms with Crippen molar-refractivity contribution >= 4 is 34.5 Å². The summed E-state index contributed by atoms with van der Waals surface area (Å²) in [6.45, 7) is 3.82. The van der Waals surface area contributed by atoms with E-state index < -0.39 is 5.76 Å². The Morgan fingerprint density at radius 3 is 2.65 bits per heavy atom. The van der Waals surface area contributed by atoms with Crippen LogP contribution in [0.4, 0.5) is 5.95 Å². The molecule has 1 aliphatic carbocycles. The molecule has 0 spiro atoms. The van der Waals surface area contributed by atoms with Crippen LogP contribution in [0.25, 0.3) is 33.8 Å². The fourth-order valence-electron chi connectivity index (χ4n) is 6.07. The SMILES string of the molecule is CC1CCC(Cn2c(N3CCC[C@@H]3C(=O)N(C)C)nc3cc(-c4noc(=O)[nH]4)nc(-c4cncc(Cl)c4)c32)CC1. The number of hydrogen-bond acceptors (Lipinski definition) is 8. The first-order valence-corrected chi connectivity index (χ1v) is 14.2. The summed E-state index contributed by atoms with van der Waals surface area (Å²) < 4.78 is 7.01.